The molecule has 0 aromatic heterocycles. The van der Waals surface area contributed by atoms with Crippen LogP contribution in [0.25, 0.3) is 0 Å². The molecule has 6 rings (SSSR count). The number of phenols is 2. The van der Waals surface area contributed by atoms with Gasteiger partial charge in [-0.25, -0.2) is 4.79 Å². The predicted octanol–water partition coefficient (Wildman–Crippen LogP) is 6.31. The van der Waals surface area contributed by atoms with Gasteiger partial charge in [-0.05, 0) is 91.3 Å². The number of aromatic hydroxyl groups is 2. The summed E-state index contributed by atoms with van der Waals surface area (Å²) in [6, 6.07) is 18.3. The summed E-state index contributed by atoms with van der Waals surface area (Å²) >= 11 is 0. The number of rotatable bonds is 3. The molecule has 3 unspecified atom stereocenters. The lowest BCUT2D eigenvalue weighted by molar-refractivity contribution is -0.127. The van der Waals surface area contributed by atoms with Crippen LogP contribution in [0.4, 0.5) is 5.69 Å². The van der Waals surface area contributed by atoms with Gasteiger partial charge in [0.1, 0.15) is 28.6 Å². The molecule has 0 aliphatic heterocycles. The number of Topliss-reactive ketones (excluding diaryl/α,β-unsaturated/α-hetero) is 1. The Kier molecular flexibility index (Phi) is 7.48. The van der Waals surface area contributed by atoms with Crippen LogP contribution in [0.1, 0.15) is 66.9 Å². The van der Waals surface area contributed by atoms with Gasteiger partial charge in [-0.15, -0.1) is 0 Å². The van der Waals surface area contributed by atoms with Crippen molar-refractivity contribution in [2.75, 3.05) is 5.32 Å². The molecule has 3 aliphatic rings. The molecule has 3 aliphatic carbocycles. The minimum absolute atomic E-state index is 0.0958. The van der Waals surface area contributed by atoms with Gasteiger partial charge in [0, 0.05) is 30.4 Å². The molecule has 0 radical (unpaired) electrons. The fourth-order valence-electron chi connectivity index (χ4n) is 6.35. The molecule has 2 saturated carbocycles. The Bertz CT molecular complexity index is 1490. The summed E-state index contributed by atoms with van der Waals surface area (Å²) in [5.74, 6) is 1.13. The van der Waals surface area contributed by atoms with Gasteiger partial charge in [-0.2, -0.15) is 0 Å². The number of ketones is 1. The van der Waals surface area contributed by atoms with Crippen molar-refractivity contribution in [2.24, 2.45) is 11.3 Å². The zero-order valence-electron chi connectivity index (χ0n) is 22.6. The van der Waals surface area contributed by atoms with Crippen molar-refractivity contribution in [3.05, 3.63) is 95.1 Å². The smallest absolute Gasteiger partial charge is 0.347 e. The highest BCUT2D eigenvalue weighted by molar-refractivity contribution is 5.94. The van der Waals surface area contributed by atoms with Gasteiger partial charge in [0.05, 0.1) is 0 Å². The van der Waals surface area contributed by atoms with Crippen molar-refractivity contribution in [1.82, 2.24) is 0 Å². The van der Waals surface area contributed by atoms with Crippen LogP contribution in [0.3, 0.4) is 0 Å². The van der Waals surface area contributed by atoms with E-state index in [1.807, 2.05) is 6.07 Å². The third-order valence-electron chi connectivity index (χ3n) is 8.39. The molecule has 7 heteroatoms. The van der Waals surface area contributed by atoms with E-state index >= 15 is 0 Å². The van der Waals surface area contributed by atoms with Gasteiger partial charge in [0.2, 0.25) is 5.91 Å². The first-order valence-electron chi connectivity index (χ1n) is 13.6. The van der Waals surface area contributed by atoms with E-state index in [9.17, 15) is 24.6 Å². The Morgan fingerprint density at radius 3 is 2.48 bits per heavy atom. The molecule has 2 fully saturated rings. The Balaban J connectivity index is 0.000000161. The fourth-order valence-corrected chi connectivity index (χ4v) is 6.35. The molecule has 206 valence electrons. The summed E-state index contributed by atoms with van der Waals surface area (Å²) < 4.78 is 5.13. The average Bonchev–Trinajstić information content (AvgIpc) is 3.24. The van der Waals surface area contributed by atoms with Crippen LogP contribution in [-0.4, -0.2) is 27.9 Å². The largest absolute Gasteiger partial charge is 0.508 e. The summed E-state index contributed by atoms with van der Waals surface area (Å²) in [5.41, 5.74) is 4.74. The number of allylic oxidation sites excluding steroid dienone is 2. The van der Waals surface area contributed by atoms with Gasteiger partial charge in [0.25, 0.3) is 0 Å². The maximum atomic E-state index is 12.2. The maximum Gasteiger partial charge on any atom is 0.347 e. The van der Waals surface area contributed by atoms with E-state index in [-0.39, 0.29) is 22.6 Å². The van der Waals surface area contributed by atoms with Gasteiger partial charge in [0.15, 0.2) is 0 Å². The molecule has 3 aromatic rings. The standard InChI is InChI=1S/C18H20O2.C15H13NO4/c1-18-9-8-14-13-5-3-12(19)10-11(13)2-4-15(14)16(18)6-7-17(18)20;1-10(17)16-11-6-8-12(9-7-11)20-15(19)13-4-2-3-5-14(13)18/h3-5,10,14,16,19H,2,6-9H2,1H3;2-9,18H,1H3,(H,16,17). The van der Waals surface area contributed by atoms with Gasteiger partial charge in [-0.3, -0.25) is 9.59 Å². The number of amides is 1. The number of hydrogen-bond acceptors (Lipinski definition) is 6. The second-order valence-electron chi connectivity index (χ2n) is 10.9. The summed E-state index contributed by atoms with van der Waals surface area (Å²) in [4.78, 5) is 35.0. The minimum atomic E-state index is -0.643. The Labute approximate surface area is 233 Å². The van der Waals surface area contributed by atoms with Crippen molar-refractivity contribution in [3.63, 3.8) is 0 Å². The van der Waals surface area contributed by atoms with Crippen LogP contribution in [0.2, 0.25) is 0 Å². The summed E-state index contributed by atoms with van der Waals surface area (Å²) in [7, 11) is 0. The fraction of sp³-hybridized carbons (Fsp3) is 0.303. The molecular formula is C33H33NO6. The molecular weight excluding hydrogens is 506 g/mol. The van der Waals surface area contributed by atoms with E-state index in [0.29, 0.717) is 34.8 Å². The number of benzene rings is 3. The molecule has 0 bridgehead atoms. The van der Waals surface area contributed by atoms with Crippen molar-refractivity contribution >= 4 is 23.3 Å². The molecule has 0 saturated heterocycles. The first kappa shape index (κ1) is 27.2. The van der Waals surface area contributed by atoms with Crippen molar-refractivity contribution in [2.45, 2.75) is 51.9 Å². The molecule has 0 heterocycles. The monoisotopic (exact) mass is 539 g/mol. The SMILES string of the molecule is CC(=O)Nc1ccc(OC(=O)c2ccccc2O)cc1.CC12CCC3C(=CCc4cc(O)ccc43)C1CCC2=O. The van der Waals surface area contributed by atoms with Gasteiger partial charge < -0.3 is 20.3 Å². The number of nitrogens with one attached hydrogen (secondary N) is 1. The van der Waals surface area contributed by atoms with Crippen molar-refractivity contribution in [3.8, 4) is 17.2 Å². The molecule has 3 aromatic carbocycles. The van der Waals surface area contributed by atoms with Gasteiger partial charge in [-0.1, -0.05) is 36.8 Å². The lowest BCUT2D eigenvalue weighted by atomic mass is 9.60. The lowest BCUT2D eigenvalue weighted by Crippen LogP contribution is -2.37. The first-order valence-corrected chi connectivity index (χ1v) is 13.6. The zero-order valence-corrected chi connectivity index (χ0v) is 22.6. The first-order chi connectivity index (χ1) is 19.2. The normalized spacial score (nSPS) is 22.4. The molecule has 3 N–H and O–H groups in total. The number of carbonyl (C=O) groups is 3. The van der Waals surface area contributed by atoms with E-state index in [1.54, 1.807) is 42.5 Å². The lowest BCUT2D eigenvalue weighted by Gasteiger charge is -2.43. The highest BCUT2D eigenvalue weighted by Crippen LogP contribution is 2.57. The average molecular weight is 540 g/mol. The summed E-state index contributed by atoms with van der Waals surface area (Å²) in [5, 5.41) is 21.8. The van der Waals surface area contributed by atoms with Crippen LogP contribution in [0, 0.1) is 11.3 Å². The highest BCUT2D eigenvalue weighted by Gasteiger charge is 2.52. The Morgan fingerprint density at radius 1 is 1.00 bits per heavy atom. The van der Waals surface area contributed by atoms with Gasteiger partial charge >= 0.3 is 5.97 Å². The molecule has 7 nitrogen and oxygen atoms in total. The van der Waals surface area contributed by atoms with E-state index in [0.717, 1.165) is 32.1 Å². The van der Waals surface area contributed by atoms with Crippen LogP contribution in [0.15, 0.2) is 78.4 Å². The molecule has 0 spiro atoms. The van der Waals surface area contributed by atoms with E-state index in [2.05, 4.69) is 24.4 Å². The minimum Gasteiger partial charge on any atom is -0.508 e. The number of phenolic OH excluding ortho intramolecular Hbond substituents is 2. The summed E-state index contributed by atoms with van der Waals surface area (Å²) in [6.45, 7) is 3.59. The molecule has 3 atom stereocenters. The van der Waals surface area contributed by atoms with E-state index < -0.39 is 5.97 Å². The van der Waals surface area contributed by atoms with Crippen LogP contribution in [-0.2, 0) is 16.0 Å². The number of para-hydroxylation sites is 1. The third kappa shape index (κ3) is 5.37. The molecule has 40 heavy (non-hydrogen) atoms. The number of hydrogen-bond donors (Lipinski definition) is 3. The number of carbonyl (C=O) groups excluding carboxylic acids is 3. The Hall–Kier alpha value is -4.39. The number of esters is 1. The third-order valence-corrected chi connectivity index (χ3v) is 8.39. The zero-order chi connectivity index (χ0) is 28.4. The van der Waals surface area contributed by atoms with Crippen molar-refractivity contribution in [1.29, 1.82) is 0 Å². The van der Waals surface area contributed by atoms with E-state index in [1.165, 1.54) is 35.8 Å². The second kappa shape index (κ2) is 11.0. The summed E-state index contributed by atoms with van der Waals surface area (Å²) in [6.07, 6.45) is 7.11. The number of fused-ring (bicyclic) bond motifs is 5. The maximum absolute atomic E-state index is 12.2. The topological polar surface area (TPSA) is 113 Å². The van der Waals surface area contributed by atoms with Crippen molar-refractivity contribution < 1.29 is 29.3 Å². The molecule has 1 amide bonds. The quantitative estimate of drug-likeness (QED) is 0.204. The number of anilines is 1. The van der Waals surface area contributed by atoms with Crippen LogP contribution in [0.5, 0.6) is 17.2 Å². The highest BCUT2D eigenvalue weighted by atomic mass is 16.5. The van der Waals surface area contributed by atoms with E-state index in [4.69, 9.17) is 4.74 Å². The second-order valence-corrected chi connectivity index (χ2v) is 10.9. The Morgan fingerprint density at radius 2 is 1.75 bits per heavy atom. The van der Waals surface area contributed by atoms with Crippen LogP contribution >= 0.6 is 0 Å². The van der Waals surface area contributed by atoms with Crippen LogP contribution < -0.4 is 10.1 Å². The predicted molar refractivity (Wildman–Crippen MR) is 152 cm³/mol. The number of ether oxygens (including phenoxy) is 1.